The van der Waals surface area contributed by atoms with Crippen molar-refractivity contribution in [2.24, 2.45) is 11.7 Å². The van der Waals surface area contributed by atoms with Crippen molar-refractivity contribution in [3.8, 4) is 5.75 Å². The first-order valence-electron chi connectivity index (χ1n) is 12.3. The monoisotopic (exact) mass is 561 g/mol. The van der Waals surface area contributed by atoms with Crippen molar-refractivity contribution in [2.45, 2.75) is 45.0 Å². The molecule has 4 rings (SSSR count). The number of nitrogens with one attached hydrogen (secondary N) is 1. The van der Waals surface area contributed by atoms with Gasteiger partial charge in [0, 0.05) is 6.42 Å². The number of hydrogen-bond acceptors (Lipinski definition) is 12. The Balaban J connectivity index is 1.32. The number of aromatic nitrogens is 4. The van der Waals surface area contributed by atoms with Gasteiger partial charge in [0.15, 0.2) is 17.8 Å². The summed E-state index contributed by atoms with van der Waals surface area (Å²) in [6, 6.07) is 4.91. The zero-order chi connectivity index (χ0) is 28.2. The molecule has 1 amide bonds. The second kappa shape index (κ2) is 12.1. The number of anilines is 1. The van der Waals surface area contributed by atoms with Gasteiger partial charge in [-0.05, 0) is 23.6 Å². The van der Waals surface area contributed by atoms with Gasteiger partial charge in [0.25, 0.3) is 0 Å². The number of fused-ring (bicyclic) bond motifs is 1. The number of benzene rings is 1. The number of nitrogen functional groups attached to an aromatic ring is 1. The van der Waals surface area contributed by atoms with E-state index in [1.54, 1.807) is 35.2 Å². The summed E-state index contributed by atoms with van der Waals surface area (Å²) in [5.74, 6) is -0.541. The van der Waals surface area contributed by atoms with Crippen LogP contribution in [0.25, 0.3) is 11.2 Å². The summed E-state index contributed by atoms with van der Waals surface area (Å²) >= 11 is 0. The third kappa shape index (κ3) is 6.90. The normalized spacial score (nSPS) is 20.9. The third-order valence-electron chi connectivity index (χ3n) is 6.19. The molecule has 15 heteroatoms. The van der Waals surface area contributed by atoms with Crippen LogP contribution in [0.5, 0.6) is 5.75 Å². The molecule has 0 spiro atoms. The van der Waals surface area contributed by atoms with Crippen LogP contribution in [0.4, 0.5) is 5.82 Å². The van der Waals surface area contributed by atoms with Gasteiger partial charge in [0.2, 0.25) is 5.91 Å². The molecule has 0 saturated carbocycles. The molecule has 14 nitrogen and oxygen atoms in total. The first-order valence-corrected chi connectivity index (χ1v) is 14.0. The molecule has 1 fully saturated rings. The molecule has 39 heavy (non-hydrogen) atoms. The van der Waals surface area contributed by atoms with E-state index < -0.39 is 37.7 Å². The van der Waals surface area contributed by atoms with Gasteiger partial charge < -0.3 is 35.3 Å². The fourth-order valence-corrected chi connectivity index (χ4v) is 5.29. The Labute approximate surface area is 224 Å². The molecular formula is C24H32N7O7P. The summed E-state index contributed by atoms with van der Waals surface area (Å²) in [7, 11) is -2.31. The van der Waals surface area contributed by atoms with Crippen LogP contribution < -0.4 is 21.3 Å². The van der Waals surface area contributed by atoms with Crippen molar-refractivity contribution in [2.75, 3.05) is 25.8 Å². The number of nitrogens with two attached hydrogens (primary N) is 2. The second-order valence-electron chi connectivity index (χ2n) is 9.45. The molecule has 3 heterocycles. The van der Waals surface area contributed by atoms with Gasteiger partial charge in [0.1, 0.15) is 29.7 Å². The molecular weight excluding hydrogens is 529 g/mol. The molecule has 0 unspecified atom stereocenters. The summed E-state index contributed by atoms with van der Waals surface area (Å²) in [6.45, 7) is 4.03. The van der Waals surface area contributed by atoms with E-state index in [0.717, 1.165) is 0 Å². The molecule has 4 atom stereocenters. The van der Waals surface area contributed by atoms with Crippen molar-refractivity contribution in [3.63, 3.8) is 0 Å². The first kappa shape index (κ1) is 28.4. The van der Waals surface area contributed by atoms with Gasteiger partial charge in [-0.2, -0.15) is 0 Å². The highest BCUT2D eigenvalue weighted by Crippen LogP contribution is 2.51. The number of hydrogen-bond donors (Lipinski definition) is 3. The number of ether oxygens (including phenoxy) is 2. The maximum Gasteiger partial charge on any atom is 0.404 e. The molecule has 1 aliphatic heterocycles. The predicted molar refractivity (Wildman–Crippen MR) is 141 cm³/mol. The van der Waals surface area contributed by atoms with Crippen LogP contribution in [0.15, 0.2) is 36.9 Å². The summed E-state index contributed by atoms with van der Waals surface area (Å²) in [5, 5.41) is 2.65. The zero-order valence-electron chi connectivity index (χ0n) is 21.9. The van der Waals surface area contributed by atoms with Crippen LogP contribution >= 0.6 is 7.60 Å². The Bertz CT molecular complexity index is 1350. The highest BCUT2D eigenvalue weighted by atomic mass is 31.2. The number of imidazole rings is 1. The molecule has 0 aliphatic carbocycles. The van der Waals surface area contributed by atoms with E-state index in [1.807, 2.05) is 13.8 Å². The minimum absolute atomic E-state index is 0.0363. The van der Waals surface area contributed by atoms with E-state index in [0.29, 0.717) is 29.0 Å². The lowest BCUT2D eigenvalue weighted by atomic mass is 10.0. The minimum Gasteiger partial charge on any atom is -0.467 e. The van der Waals surface area contributed by atoms with Crippen LogP contribution in [0.2, 0.25) is 0 Å². The van der Waals surface area contributed by atoms with Gasteiger partial charge in [-0.15, -0.1) is 0 Å². The Morgan fingerprint density at radius 3 is 2.62 bits per heavy atom. The molecule has 3 aromatic rings. The summed E-state index contributed by atoms with van der Waals surface area (Å²) < 4.78 is 36.7. The van der Waals surface area contributed by atoms with Crippen LogP contribution in [0.3, 0.4) is 0 Å². The quantitative estimate of drug-likeness (QED) is 0.237. The van der Waals surface area contributed by atoms with E-state index in [2.05, 4.69) is 20.3 Å². The fraction of sp³-hybridized carbons (Fsp3) is 0.458. The van der Waals surface area contributed by atoms with Gasteiger partial charge in [-0.1, -0.05) is 26.0 Å². The summed E-state index contributed by atoms with van der Waals surface area (Å²) in [5.41, 5.74) is 13.5. The summed E-state index contributed by atoms with van der Waals surface area (Å²) in [4.78, 5) is 36.9. The third-order valence-corrected chi connectivity index (χ3v) is 7.68. The lowest BCUT2D eigenvalue weighted by Gasteiger charge is -2.29. The Kier molecular flexibility index (Phi) is 8.80. The fourth-order valence-electron chi connectivity index (χ4n) is 3.88. The van der Waals surface area contributed by atoms with Crippen molar-refractivity contribution in [1.82, 2.24) is 24.8 Å². The minimum atomic E-state index is -3.56. The van der Waals surface area contributed by atoms with Crippen molar-refractivity contribution in [1.29, 1.82) is 0 Å². The number of rotatable bonds is 10. The van der Waals surface area contributed by atoms with Crippen molar-refractivity contribution >= 4 is 36.5 Å². The van der Waals surface area contributed by atoms with E-state index in [1.165, 1.54) is 13.4 Å². The Morgan fingerprint density at radius 1 is 1.23 bits per heavy atom. The van der Waals surface area contributed by atoms with Gasteiger partial charge in [-0.25, -0.2) is 24.3 Å². The van der Waals surface area contributed by atoms with Gasteiger partial charge >= 0.3 is 13.6 Å². The number of amides is 1. The SMILES string of the molecule is COC(=O)[C@H](Cc1ccc(O[P@@]2(=O)CO[C@@H](Cn3cnc4c(N)ncnc43)CO2)cc1)NC(=O)[C@@H](N)C(C)C. The topological polar surface area (TPSA) is 196 Å². The Hall–Kier alpha value is -3.58. The van der Waals surface area contributed by atoms with E-state index in [-0.39, 0.29) is 31.1 Å². The highest BCUT2D eigenvalue weighted by Gasteiger charge is 2.35. The molecule has 2 aromatic heterocycles. The lowest BCUT2D eigenvalue weighted by Crippen LogP contribution is -2.51. The van der Waals surface area contributed by atoms with Crippen LogP contribution in [-0.2, 0) is 41.1 Å². The molecule has 210 valence electrons. The van der Waals surface area contributed by atoms with E-state index in [9.17, 15) is 14.2 Å². The second-order valence-corrected chi connectivity index (χ2v) is 11.4. The average Bonchev–Trinajstić information content (AvgIpc) is 3.33. The predicted octanol–water partition coefficient (Wildman–Crippen LogP) is 1.24. The lowest BCUT2D eigenvalue weighted by molar-refractivity contribution is -0.145. The maximum atomic E-state index is 13.1. The van der Waals surface area contributed by atoms with Crippen LogP contribution in [-0.4, -0.2) is 69.6 Å². The smallest absolute Gasteiger partial charge is 0.404 e. The molecule has 1 saturated heterocycles. The molecule has 1 aliphatic rings. The maximum absolute atomic E-state index is 13.1. The molecule has 0 bridgehead atoms. The largest absolute Gasteiger partial charge is 0.467 e. The Morgan fingerprint density at radius 2 is 1.97 bits per heavy atom. The highest BCUT2D eigenvalue weighted by molar-refractivity contribution is 7.54. The number of methoxy groups -OCH3 is 1. The number of carbonyl (C=O) groups is 2. The number of nitrogens with zero attached hydrogens (tertiary/aromatic N) is 4. The standard InChI is InChI=1S/C24H32N7O7P/c1-14(2)19(25)23(32)30-18(24(33)35-3)8-15-4-6-16(7-5-15)38-39(34)13-36-17(10-37-39)9-31-12-29-20-21(26)27-11-28-22(20)31/h4-7,11-12,14,17-19H,8-10,13,25H2,1-3H3,(H,30,32)(H2,26,27,28)/t17-,18-,19-,39+/m0/s1. The van der Waals surface area contributed by atoms with Gasteiger partial charge in [0.05, 0.1) is 32.6 Å². The summed E-state index contributed by atoms with van der Waals surface area (Å²) in [6.07, 6.45) is 2.47. The van der Waals surface area contributed by atoms with Crippen LogP contribution in [0, 0.1) is 5.92 Å². The van der Waals surface area contributed by atoms with E-state index >= 15 is 0 Å². The van der Waals surface area contributed by atoms with Gasteiger partial charge in [-0.3, -0.25) is 9.32 Å². The first-order chi connectivity index (χ1) is 18.6. The molecule has 1 aromatic carbocycles. The van der Waals surface area contributed by atoms with E-state index in [4.69, 9.17) is 30.0 Å². The van der Waals surface area contributed by atoms with Crippen LogP contribution in [0.1, 0.15) is 19.4 Å². The van der Waals surface area contributed by atoms with Crippen molar-refractivity contribution < 1.29 is 32.7 Å². The average molecular weight is 562 g/mol. The zero-order valence-corrected chi connectivity index (χ0v) is 22.7. The molecule has 0 radical (unpaired) electrons. The van der Waals surface area contributed by atoms with Crippen molar-refractivity contribution in [3.05, 3.63) is 42.5 Å². The number of carbonyl (C=O) groups excluding carboxylic acids is 2. The molecule has 5 N–H and O–H groups in total. The number of esters is 1.